The summed E-state index contributed by atoms with van der Waals surface area (Å²) in [6.07, 6.45) is 1.94. The maximum atomic E-state index is 13.0. The zero-order valence-electron chi connectivity index (χ0n) is 17.9. The van der Waals surface area contributed by atoms with Gasteiger partial charge >= 0.3 is 0 Å². The van der Waals surface area contributed by atoms with Gasteiger partial charge in [-0.2, -0.15) is 5.10 Å². The number of primary amides is 1. The van der Waals surface area contributed by atoms with Crippen LogP contribution in [0.1, 0.15) is 30.1 Å². The molecule has 0 aliphatic carbocycles. The number of hydrogen-bond donors (Lipinski definition) is 1. The average Bonchev–Trinajstić information content (AvgIpc) is 3.38. The fourth-order valence-electron chi connectivity index (χ4n) is 4.38. The molecule has 0 bridgehead atoms. The predicted octanol–water partition coefficient (Wildman–Crippen LogP) is 2.96. The number of carbonyl (C=O) groups excluding carboxylic acids is 2. The molecule has 1 saturated heterocycles. The number of rotatable bonds is 6. The molecule has 162 valence electrons. The Balaban J connectivity index is 1.53. The van der Waals surface area contributed by atoms with E-state index in [-0.39, 0.29) is 18.4 Å². The van der Waals surface area contributed by atoms with Gasteiger partial charge in [0, 0.05) is 18.0 Å². The summed E-state index contributed by atoms with van der Waals surface area (Å²) in [6, 6.07) is 12.4. The number of nitrogens with two attached hydrogens (primary N) is 1. The SMILES string of the molecule is Cc1nc(C)n(CC(=O)N2CCCC(Cc3cccc(-c4cccs4)c3)(C(N)=O)C2)n1. The van der Waals surface area contributed by atoms with Crippen LogP contribution in [0.5, 0.6) is 0 Å². The van der Waals surface area contributed by atoms with E-state index in [9.17, 15) is 9.59 Å². The Bertz CT molecular complexity index is 1090. The largest absolute Gasteiger partial charge is 0.369 e. The molecule has 1 atom stereocenters. The molecule has 1 aromatic carbocycles. The average molecular weight is 438 g/mol. The first-order valence-corrected chi connectivity index (χ1v) is 11.3. The number of benzene rings is 1. The maximum Gasteiger partial charge on any atom is 0.244 e. The lowest BCUT2D eigenvalue weighted by Crippen LogP contribution is -2.53. The Morgan fingerprint density at radius 2 is 2.06 bits per heavy atom. The van der Waals surface area contributed by atoms with Crippen molar-refractivity contribution < 1.29 is 9.59 Å². The second kappa shape index (κ2) is 8.63. The molecule has 2 N–H and O–H groups in total. The summed E-state index contributed by atoms with van der Waals surface area (Å²) in [5.41, 5.74) is 7.34. The maximum absolute atomic E-state index is 13.0. The molecule has 0 radical (unpaired) electrons. The van der Waals surface area contributed by atoms with Crippen LogP contribution >= 0.6 is 11.3 Å². The molecular formula is C23H27N5O2S. The van der Waals surface area contributed by atoms with E-state index in [2.05, 4.69) is 33.7 Å². The predicted molar refractivity (Wildman–Crippen MR) is 120 cm³/mol. The molecule has 3 heterocycles. The quantitative estimate of drug-likeness (QED) is 0.641. The summed E-state index contributed by atoms with van der Waals surface area (Å²) in [4.78, 5) is 32.8. The van der Waals surface area contributed by atoms with E-state index in [1.165, 1.54) is 4.88 Å². The first-order valence-electron chi connectivity index (χ1n) is 10.4. The van der Waals surface area contributed by atoms with Gasteiger partial charge in [0.1, 0.15) is 18.2 Å². The molecule has 0 spiro atoms. The highest BCUT2D eigenvalue weighted by Gasteiger charge is 2.42. The van der Waals surface area contributed by atoms with Crippen molar-refractivity contribution in [1.82, 2.24) is 19.7 Å². The third-order valence-electron chi connectivity index (χ3n) is 5.98. The molecule has 8 heteroatoms. The Hall–Kier alpha value is -3.00. The molecule has 0 saturated carbocycles. The van der Waals surface area contributed by atoms with Gasteiger partial charge in [-0.1, -0.05) is 30.3 Å². The lowest BCUT2D eigenvalue weighted by atomic mass is 9.74. The summed E-state index contributed by atoms with van der Waals surface area (Å²) in [7, 11) is 0. The van der Waals surface area contributed by atoms with Crippen molar-refractivity contribution >= 4 is 23.2 Å². The zero-order valence-corrected chi connectivity index (χ0v) is 18.7. The Labute approximate surface area is 185 Å². The Morgan fingerprint density at radius 3 is 2.74 bits per heavy atom. The van der Waals surface area contributed by atoms with Crippen LogP contribution in [0.3, 0.4) is 0 Å². The van der Waals surface area contributed by atoms with Gasteiger partial charge in [-0.25, -0.2) is 9.67 Å². The number of hydrogen-bond acceptors (Lipinski definition) is 5. The monoisotopic (exact) mass is 437 g/mol. The van der Waals surface area contributed by atoms with Gasteiger partial charge in [-0.15, -0.1) is 11.3 Å². The third-order valence-corrected chi connectivity index (χ3v) is 6.89. The van der Waals surface area contributed by atoms with Crippen molar-refractivity contribution in [2.45, 2.75) is 39.7 Å². The molecule has 2 amide bonds. The van der Waals surface area contributed by atoms with Crippen LogP contribution in [0.2, 0.25) is 0 Å². The fourth-order valence-corrected chi connectivity index (χ4v) is 5.11. The third kappa shape index (κ3) is 4.54. The lowest BCUT2D eigenvalue weighted by Gasteiger charge is -2.41. The molecule has 3 aromatic rings. The van der Waals surface area contributed by atoms with Gasteiger partial charge < -0.3 is 10.6 Å². The van der Waals surface area contributed by atoms with E-state index >= 15 is 0 Å². The fraction of sp³-hybridized carbons (Fsp3) is 0.391. The number of piperidine rings is 1. The molecular weight excluding hydrogens is 410 g/mol. The molecule has 7 nitrogen and oxygen atoms in total. The second-order valence-corrected chi connectivity index (χ2v) is 9.23. The number of carbonyl (C=O) groups is 2. The van der Waals surface area contributed by atoms with Gasteiger partial charge in [0.2, 0.25) is 11.8 Å². The van der Waals surface area contributed by atoms with Crippen molar-refractivity contribution in [3.8, 4) is 10.4 Å². The zero-order chi connectivity index (χ0) is 22.0. The molecule has 1 unspecified atom stereocenters. The minimum atomic E-state index is -0.769. The normalized spacial score (nSPS) is 18.8. The number of likely N-dealkylation sites (tertiary alicyclic amines) is 1. The van der Waals surface area contributed by atoms with E-state index in [0.717, 1.165) is 17.5 Å². The van der Waals surface area contributed by atoms with E-state index < -0.39 is 5.41 Å². The smallest absolute Gasteiger partial charge is 0.244 e. The van der Waals surface area contributed by atoms with Gasteiger partial charge in [-0.3, -0.25) is 9.59 Å². The minimum Gasteiger partial charge on any atom is -0.369 e. The highest BCUT2D eigenvalue weighted by atomic mass is 32.1. The highest BCUT2D eigenvalue weighted by molar-refractivity contribution is 7.13. The molecule has 1 aliphatic heterocycles. The number of amides is 2. The first-order chi connectivity index (χ1) is 14.9. The van der Waals surface area contributed by atoms with E-state index in [1.807, 2.05) is 25.1 Å². The van der Waals surface area contributed by atoms with Crippen LogP contribution in [0.25, 0.3) is 10.4 Å². The van der Waals surface area contributed by atoms with Crippen LogP contribution in [-0.2, 0) is 22.6 Å². The van der Waals surface area contributed by atoms with Crippen molar-refractivity contribution in [2.75, 3.05) is 13.1 Å². The molecule has 1 fully saturated rings. The van der Waals surface area contributed by atoms with Crippen LogP contribution in [0.15, 0.2) is 41.8 Å². The minimum absolute atomic E-state index is 0.0642. The van der Waals surface area contributed by atoms with Crippen molar-refractivity contribution in [3.05, 3.63) is 59.0 Å². The summed E-state index contributed by atoms with van der Waals surface area (Å²) in [5.74, 6) is 0.931. The van der Waals surface area contributed by atoms with Crippen molar-refractivity contribution in [2.24, 2.45) is 11.1 Å². The summed E-state index contributed by atoms with van der Waals surface area (Å²) in [6.45, 7) is 4.71. The van der Waals surface area contributed by atoms with Gasteiger partial charge in [-0.05, 0) is 55.7 Å². The van der Waals surface area contributed by atoms with Crippen LogP contribution in [0, 0.1) is 19.3 Å². The summed E-state index contributed by atoms with van der Waals surface area (Å²) >= 11 is 1.69. The first kappa shape index (κ1) is 21.2. The summed E-state index contributed by atoms with van der Waals surface area (Å²) in [5, 5.41) is 6.34. The highest BCUT2D eigenvalue weighted by Crippen LogP contribution is 2.35. The number of nitrogens with zero attached hydrogens (tertiary/aromatic N) is 4. The Kier molecular flexibility index (Phi) is 5.91. The van der Waals surface area contributed by atoms with Gasteiger partial charge in [0.05, 0.1) is 5.41 Å². The van der Waals surface area contributed by atoms with Gasteiger partial charge in [0.25, 0.3) is 0 Å². The van der Waals surface area contributed by atoms with Crippen molar-refractivity contribution in [1.29, 1.82) is 0 Å². The van der Waals surface area contributed by atoms with Crippen molar-refractivity contribution in [3.63, 3.8) is 0 Å². The topological polar surface area (TPSA) is 94.1 Å². The molecule has 4 rings (SSSR count). The molecule has 1 aliphatic rings. The molecule has 2 aromatic heterocycles. The number of thiophene rings is 1. The van der Waals surface area contributed by atoms with Gasteiger partial charge in [0.15, 0.2) is 0 Å². The standard InChI is InChI=1S/C23H27N5O2S/c1-16-25-17(2)28(26-16)14-21(29)27-10-5-9-23(15-27,22(24)30)13-18-6-3-7-19(12-18)20-8-4-11-31-20/h3-4,6-8,11-12H,5,9-10,13-15H2,1-2H3,(H2,24,30). The van der Waals surface area contributed by atoms with E-state index in [1.54, 1.807) is 27.8 Å². The summed E-state index contributed by atoms with van der Waals surface area (Å²) < 4.78 is 1.61. The van der Waals surface area contributed by atoms with Crippen LogP contribution in [0.4, 0.5) is 0 Å². The van der Waals surface area contributed by atoms with Crippen LogP contribution < -0.4 is 5.73 Å². The number of aryl methyl sites for hydroxylation is 2. The lowest BCUT2D eigenvalue weighted by molar-refractivity contribution is -0.140. The van der Waals surface area contributed by atoms with E-state index in [4.69, 9.17) is 5.73 Å². The van der Waals surface area contributed by atoms with E-state index in [0.29, 0.717) is 37.6 Å². The number of aromatic nitrogens is 3. The molecule has 31 heavy (non-hydrogen) atoms. The second-order valence-electron chi connectivity index (χ2n) is 8.28. The Morgan fingerprint density at radius 1 is 1.23 bits per heavy atom. The van der Waals surface area contributed by atoms with Crippen LogP contribution in [-0.4, -0.2) is 44.6 Å².